The summed E-state index contributed by atoms with van der Waals surface area (Å²) in [4.78, 5) is 29.5. The molecule has 2 heterocycles. The number of rotatable bonds is 13. The number of nitrogens with zero attached hydrogens (tertiary/aromatic N) is 3. The topological polar surface area (TPSA) is 181 Å². The van der Waals surface area contributed by atoms with E-state index in [0.29, 0.717) is 49.6 Å². The standard InChI is InChI=1S/C29H34N4O3S.C24H30FN3O3S/c30-18-25-7-4-12-33(25)27(34)19-31-28-14-21-13-22(15-28)17-29(16-21,20-28)32-37(35,36)26-10-8-24(9-11-26)23-5-2-1-3-6-23;1-2-20-6-4-8-28(20)22(29)15-26-23-11-17-9-18(12-23)14-24(13-17,16-23)27-32(30,31)21-7-3-5-19(25)10-21/h1-3,5-6,8-11,21-22,25,31-32H,4,7,12-17,19-20H2;1,3,5,7,10,17-18,20,26-27H,4,6,8-9,11-16H2/t21?,22?,25-,28?,29?;17?,18?,20-,23?,24?/m01/s1. The minimum absolute atomic E-state index is 0.0204. The van der Waals surface area contributed by atoms with E-state index in [9.17, 15) is 36.1 Å². The van der Waals surface area contributed by atoms with Crippen LogP contribution in [-0.4, -0.2) is 98.9 Å². The van der Waals surface area contributed by atoms with E-state index in [2.05, 4.69) is 32.1 Å². The summed E-state index contributed by atoms with van der Waals surface area (Å²) >= 11 is 0. The van der Waals surface area contributed by atoms with Gasteiger partial charge in [-0.3, -0.25) is 9.59 Å². The van der Waals surface area contributed by atoms with Gasteiger partial charge in [-0.05, 0) is 168 Å². The normalized spacial score (nSPS) is 34.0. The van der Waals surface area contributed by atoms with Crippen molar-refractivity contribution in [2.24, 2.45) is 23.7 Å². The van der Waals surface area contributed by atoms with E-state index in [1.54, 1.807) is 21.9 Å². The number of likely N-dealkylation sites (tertiary alicyclic amines) is 2. The number of carbonyl (C=O) groups excluding carboxylic acids is 2. The van der Waals surface area contributed by atoms with Crippen LogP contribution < -0.4 is 20.1 Å². The molecule has 2 aliphatic heterocycles. The lowest BCUT2D eigenvalue weighted by Crippen LogP contribution is -2.69. The first-order chi connectivity index (χ1) is 33.0. The van der Waals surface area contributed by atoms with E-state index in [0.717, 1.165) is 107 Å². The highest BCUT2D eigenvalue weighted by Crippen LogP contribution is 2.59. The predicted molar refractivity (Wildman–Crippen MR) is 259 cm³/mol. The van der Waals surface area contributed by atoms with Crippen LogP contribution in [0, 0.1) is 53.2 Å². The van der Waals surface area contributed by atoms with Gasteiger partial charge >= 0.3 is 0 Å². The summed E-state index contributed by atoms with van der Waals surface area (Å²) < 4.78 is 73.1. The summed E-state index contributed by atoms with van der Waals surface area (Å²) in [6, 6.07) is 24.0. The summed E-state index contributed by atoms with van der Waals surface area (Å²) in [5.41, 5.74) is 0.508. The second-order valence-electron chi connectivity index (χ2n) is 22.1. The van der Waals surface area contributed by atoms with E-state index in [4.69, 9.17) is 6.42 Å². The first-order valence-electron chi connectivity index (χ1n) is 24.9. The summed E-state index contributed by atoms with van der Waals surface area (Å²) in [7, 11) is -7.53. The molecular weight excluding hydrogens is 914 g/mol. The zero-order valence-corrected chi connectivity index (χ0v) is 40.8. The first kappa shape index (κ1) is 48.0. The molecule has 16 heteroatoms. The average Bonchev–Trinajstić information content (AvgIpc) is 4.00. The molecule has 3 aromatic rings. The first-order valence-corrected chi connectivity index (χ1v) is 27.9. The lowest BCUT2D eigenvalue weighted by Gasteiger charge is -2.62. The van der Waals surface area contributed by atoms with Crippen molar-refractivity contribution in [2.45, 2.75) is 147 Å². The van der Waals surface area contributed by atoms with Gasteiger partial charge in [0.1, 0.15) is 11.9 Å². The van der Waals surface area contributed by atoms with Crippen molar-refractivity contribution in [3.63, 3.8) is 0 Å². The molecule has 2 amide bonds. The molecule has 13 rings (SSSR count). The number of halogens is 1. The zero-order chi connectivity index (χ0) is 48.2. The number of terminal acetylenes is 1. The fourth-order valence-corrected chi connectivity index (χ4v) is 18.0. The van der Waals surface area contributed by atoms with Gasteiger partial charge in [0.15, 0.2) is 0 Å². The van der Waals surface area contributed by atoms with Crippen LogP contribution >= 0.6 is 0 Å². The van der Waals surface area contributed by atoms with Crippen molar-refractivity contribution in [3.05, 3.63) is 84.7 Å². The molecule has 10 fully saturated rings. The van der Waals surface area contributed by atoms with Gasteiger partial charge in [0.2, 0.25) is 31.9 Å². The number of carbonyl (C=O) groups is 2. The van der Waals surface area contributed by atoms with Crippen molar-refractivity contribution < 1.29 is 30.8 Å². The van der Waals surface area contributed by atoms with Gasteiger partial charge in [0.25, 0.3) is 0 Å². The van der Waals surface area contributed by atoms with Gasteiger partial charge in [-0.15, -0.1) is 6.42 Å². The van der Waals surface area contributed by atoms with E-state index in [-0.39, 0.29) is 57.9 Å². The lowest BCUT2D eigenvalue weighted by atomic mass is 9.50. The molecule has 13 nitrogen and oxygen atoms in total. The quantitative estimate of drug-likeness (QED) is 0.144. The van der Waals surface area contributed by atoms with Crippen molar-refractivity contribution in [2.75, 3.05) is 26.2 Å². The number of nitrogens with one attached hydrogen (secondary N) is 4. The molecule has 10 aliphatic rings. The van der Waals surface area contributed by atoms with Gasteiger partial charge in [-0.25, -0.2) is 30.7 Å². The largest absolute Gasteiger partial charge is 0.328 e. The molecule has 8 saturated carbocycles. The van der Waals surface area contributed by atoms with Crippen LogP contribution in [0.15, 0.2) is 88.7 Å². The molecule has 3 aromatic carbocycles. The Morgan fingerprint density at radius 3 is 1.58 bits per heavy atom. The number of hydrogen-bond acceptors (Lipinski definition) is 9. The molecule has 366 valence electrons. The van der Waals surface area contributed by atoms with Crippen molar-refractivity contribution >= 4 is 31.9 Å². The highest BCUT2D eigenvalue weighted by molar-refractivity contribution is 7.89. The summed E-state index contributed by atoms with van der Waals surface area (Å²) in [6.07, 6.45) is 19.7. The summed E-state index contributed by atoms with van der Waals surface area (Å²) in [5.74, 6) is 3.88. The van der Waals surface area contributed by atoms with Gasteiger partial charge < -0.3 is 20.4 Å². The number of sulfonamides is 2. The molecule has 4 N–H and O–H groups in total. The average molecular weight is 978 g/mol. The molecule has 0 radical (unpaired) electrons. The Hall–Kier alpha value is -4.68. The Morgan fingerprint density at radius 2 is 1.09 bits per heavy atom. The van der Waals surface area contributed by atoms with Gasteiger partial charge in [-0.1, -0.05) is 54.5 Å². The third-order valence-electron chi connectivity index (χ3n) is 16.9. The van der Waals surface area contributed by atoms with Crippen LogP contribution in [0.4, 0.5) is 4.39 Å². The van der Waals surface area contributed by atoms with Crippen molar-refractivity contribution in [3.8, 4) is 29.5 Å². The number of nitriles is 1. The molecule has 69 heavy (non-hydrogen) atoms. The van der Waals surface area contributed by atoms with Crippen LogP contribution in [0.25, 0.3) is 11.1 Å². The van der Waals surface area contributed by atoms with Crippen LogP contribution in [0.3, 0.4) is 0 Å². The molecule has 6 atom stereocenters. The second-order valence-corrected chi connectivity index (χ2v) is 25.5. The van der Waals surface area contributed by atoms with E-state index in [1.165, 1.54) is 18.2 Å². The highest BCUT2D eigenvalue weighted by Gasteiger charge is 2.60. The molecule has 0 spiro atoms. The smallest absolute Gasteiger partial charge is 0.241 e. The monoisotopic (exact) mass is 977 g/mol. The maximum atomic E-state index is 13.7. The van der Waals surface area contributed by atoms with E-state index >= 15 is 0 Å². The van der Waals surface area contributed by atoms with Gasteiger partial charge in [-0.2, -0.15) is 5.26 Å². The minimum Gasteiger partial charge on any atom is -0.328 e. The van der Waals surface area contributed by atoms with Crippen LogP contribution in [0.5, 0.6) is 0 Å². The summed E-state index contributed by atoms with van der Waals surface area (Å²) in [6.45, 7) is 1.78. The highest BCUT2D eigenvalue weighted by atomic mass is 32.2. The molecule has 8 aliphatic carbocycles. The van der Waals surface area contributed by atoms with Gasteiger partial charge in [0, 0.05) is 35.2 Å². The van der Waals surface area contributed by atoms with Gasteiger partial charge in [0.05, 0.1) is 35.0 Å². The third kappa shape index (κ3) is 9.87. The SMILES string of the molecule is C#C[C@@H]1CCCN1C(=O)CNC12CC3CC(C1)CC(NS(=O)(=O)c1cccc(F)c1)(C3)C2.N#C[C@@H]1CCCN1C(=O)CNC12CC3CC(C1)CC(NS(=O)(=O)c1ccc(-c4ccccc4)cc1)(C3)C2. The van der Waals surface area contributed by atoms with Crippen molar-refractivity contribution in [1.29, 1.82) is 5.26 Å². The molecule has 4 unspecified atom stereocenters. The van der Waals surface area contributed by atoms with E-state index in [1.807, 2.05) is 42.5 Å². The Kier molecular flexibility index (Phi) is 12.9. The number of hydrogen-bond donors (Lipinski definition) is 4. The summed E-state index contributed by atoms with van der Waals surface area (Å²) in [5, 5.41) is 16.5. The Bertz CT molecular complexity index is 2730. The maximum Gasteiger partial charge on any atom is 0.241 e. The maximum absolute atomic E-state index is 13.7. The molecule has 2 saturated heterocycles. The number of amides is 2. The Morgan fingerprint density at radius 1 is 0.623 bits per heavy atom. The van der Waals surface area contributed by atoms with Crippen LogP contribution in [0.1, 0.15) is 103 Å². The fraction of sp³-hybridized carbons (Fsp3) is 0.566. The second kappa shape index (κ2) is 18.5. The zero-order valence-electron chi connectivity index (χ0n) is 39.2. The predicted octanol–water partition coefficient (Wildman–Crippen LogP) is 6.24. The number of benzene rings is 3. The Labute approximate surface area is 406 Å². The minimum atomic E-state index is -3.84. The fourth-order valence-electron chi connectivity index (χ4n) is 15.1. The van der Waals surface area contributed by atoms with Crippen LogP contribution in [-0.2, 0) is 29.6 Å². The lowest BCUT2D eigenvalue weighted by molar-refractivity contribution is -0.132. The Balaban J connectivity index is 0.000000162. The third-order valence-corrected chi connectivity index (χ3v) is 20.1. The molecule has 0 aromatic heterocycles. The van der Waals surface area contributed by atoms with Crippen LogP contribution in [0.2, 0.25) is 0 Å². The van der Waals surface area contributed by atoms with E-state index < -0.39 is 36.9 Å². The molecular formula is C53H64FN7O6S2. The van der Waals surface area contributed by atoms with Crippen molar-refractivity contribution in [1.82, 2.24) is 29.9 Å². The molecule has 8 bridgehead atoms.